The Balaban J connectivity index is 1.87. The summed E-state index contributed by atoms with van der Waals surface area (Å²) in [6.45, 7) is 7.32. The van der Waals surface area contributed by atoms with Gasteiger partial charge in [-0.1, -0.05) is 38.1 Å². The number of fused-ring (bicyclic) bond motifs is 1. The van der Waals surface area contributed by atoms with Crippen molar-refractivity contribution in [3.05, 3.63) is 46.0 Å². The Labute approximate surface area is 124 Å². The molecule has 2 heterocycles. The molecule has 1 N–H and O–H groups in total. The van der Waals surface area contributed by atoms with E-state index in [2.05, 4.69) is 48.3 Å². The first-order valence-corrected chi connectivity index (χ1v) is 7.96. The number of hydrogen-bond donors (Lipinski definition) is 1. The predicted octanol–water partition coefficient (Wildman–Crippen LogP) is 3.51. The fourth-order valence-electron chi connectivity index (χ4n) is 2.69. The van der Waals surface area contributed by atoms with Crippen molar-refractivity contribution in [2.24, 2.45) is 0 Å². The number of anilines is 1. The molecule has 3 rings (SSSR count). The molecule has 0 spiro atoms. The van der Waals surface area contributed by atoms with E-state index in [0.717, 1.165) is 24.8 Å². The molecule has 0 radical (unpaired) electrons. The number of nitrogens with zero attached hydrogens (tertiary/aromatic N) is 2. The maximum atomic E-state index is 4.90. The van der Waals surface area contributed by atoms with Crippen LogP contribution in [0.2, 0.25) is 0 Å². The molecule has 106 valence electrons. The highest BCUT2D eigenvalue weighted by Gasteiger charge is 2.23. The highest BCUT2D eigenvalue weighted by atomic mass is 32.1. The van der Waals surface area contributed by atoms with Gasteiger partial charge in [0.05, 0.1) is 5.69 Å². The van der Waals surface area contributed by atoms with Crippen molar-refractivity contribution in [2.75, 3.05) is 11.9 Å². The molecule has 4 heteroatoms. The molecule has 0 fully saturated rings. The first kappa shape index (κ1) is 13.6. The number of nitrogens with one attached hydrogen (secondary N) is 1. The maximum absolute atomic E-state index is 4.90. The number of hydrogen-bond acceptors (Lipinski definition) is 4. The van der Waals surface area contributed by atoms with E-state index in [0.29, 0.717) is 5.92 Å². The van der Waals surface area contributed by atoms with Crippen LogP contribution in [0.3, 0.4) is 0 Å². The number of thiazole rings is 1. The molecular weight excluding hydrogens is 266 g/mol. The molecule has 0 saturated carbocycles. The molecule has 3 nitrogen and oxygen atoms in total. The summed E-state index contributed by atoms with van der Waals surface area (Å²) in [7, 11) is 2.00. The molecule has 0 unspecified atom stereocenters. The van der Waals surface area contributed by atoms with Gasteiger partial charge >= 0.3 is 0 Å². The van der Waals surface area contributed by atoms with Crippen LogP contribution in [0, 0.1) is 0 Å². The van der Waals surface area contributed by atoms with Gasteiger partial charge in [-0.05, 0) is 24.1 Å². The standard InChI is InChI=1S/C16H21N3S/c1-11(2)15-14(8-17-3)20-16(18-15)19-9-12-6-4-5-7-13(12)10-19/h4-7,11,17H,8-10H2,1-3H3. The van der Waals surface area contributed by atoms with E-state index in [9.17, 15) is 0 Å². The van der Waals surface area contributed by atoms with Crippen LogP contribution in [0.1, 0.15) is 41.5 Å². The summed E-state index contributed by atoms with van der Waals surface area (Å²) in [4.78, 5) is 8.66. The Morgan fingerprint density at radius 3 is 2.45 bits per heavy atom. The monoisotopic (exact) mass is 287 g/mol. The van der Waals surface area contributed by atoms with Crippen LogP contribution in [0.4, 0.5) is 5.13 Å². The summed E-state index contributed by atoms with van der Waals surface area (Å²) in [6.07, 6.45) is 0. The minimum absolute atomic E-state index is 0.480. The normalized spacial score (nSPS) is 14.1. The third kappa shape index (κ3) is 2.45. The van der Waals surface area contributed by atoms with E-state index in [-0.39, 0.29) is 0 Å². The summed E-state index contributed by atoms with van der Waals surface area (Å²) < 4.78 is 0. The van der Waals surface area contributed by atoms with Gasteiger partial charge in [-0.3, -0.25) is 0 Å². The third-order valence-electron chi connectivity index (χ3n) is 3.71. The lowest BCUT2D eigenvalue weighted by Gasteiger charge is -2.13. The largest absolute Gasteiger partial charge is 0.339 e. The van der Waals surface area contributed by atoms with E-state index in [1.54, 1.807) is 0 Å². The predicted molar refractivity (Wildman–Crippen MR) is 85.3 cm³/mol. The van der Waals surface area contributed by atoms with Gasteiger partial charge in [-0.25, -0.2) is 4.98 Å². The summed E-state index contributed by atoms with van der Waals surface area (Å²) in [6, 6.07) is 8.69. The third-order valence-corrected chi connectivity index (χ3v) is 4.84. The lowest BCUT2D eigenvalue weighted by atomic mass is 10.1. The second kappa shape index (κ2) is 5.54. The Kier molecular flexibility index (Phi) is 3.76. The van der Waals surface area contributed by atoms with Crippen LogP contribution in [0.15, 0.2) is 24.3 Å². The first-order chi connectivity index (χ1) is 9.69. The van der Waals surface area contributed by atoms with Crippen molar-refractivity contribution in [3.8, 4) is 0 Å². The van der Waals surface area contributed by atoms with Gasteiger partial charge in [0.1, 0.15) is 0 Å². The van der Waals surface area contributed by atoms with Gasteiger partial charge in [-0.2, -0.15) is 0 Å². The molecule has 20 heavy (non-hydrogen) atoms. The highest BCUT2D eigenvalue weighted by Crippen LogP contribution is 2.35. The number of benzene rings is 1. The summed E-state index contributed by atoms with van der Waals surface area (Å²) >= 11 is 1.83. The van der Waals surface area contributed by atoms with Crippen LogP contribution >= 0.6 is 11.3 Å². The average Bonchev–Trinajstić information content (AvgIpc) is 3.02. The minimum Gasteiger partial charge on any atom is -0.339 e. The van der Waals surface area contributed by atoms with E-state index >= 15 is 0 Å². The quantitative estimate of drug-likeness (QED) is 0.933. The Bertz CT molecular complexity index is 579. The molecule has 0 aliphatic carbocycles. The SMILES string of the molecule is CNCc1sc(N2Cc3ccccc3C2)nc1C(C)C. The number of rotatable bonds is 4. The van der Waals surface area contributed by atoms with Crippen LogP contribution < -0.4 is 10.2 Å². The minimum atomic E-state index is 0.480. The van der Waals surface area contributed by atoms with Crippen molar-refractivity contribution in [3.63, 3.8) is 0 Å². The Hall–Kier alpha value is -1.39. The molecule has 1 aromatic heterocycles. The van der Waals surface area contributed by atoms with Gasteiger partial charge in [0.15, 0.2) is 5.13 Å². The molecule has 2 aromatic rings. The van der Waals surface area contributed by atoms with E-state index in [1.165, 1.54) is 21.7 Å². The zero-order valence-corrected chi connectivity index (χ0v) is 13.1. The van der Waals surface area contributed by atoms with E-state index in [1.807, 2.05) is 18.4 Å². The van der Waals surface area contributed by atoms with Crippen LogP contribution in [0.25, 0.3) is 0 Å². The van der Waals surface area contributed by atoms with Crippen molar-refractivity contribution in [1.82, 2.24) is 10.3 Å². The zero-order chi connectivity index (χ0) is 14.1. The highest BCUT2D eigenvalue weighted by molar-refractivity contribution is 7.15. The van der Waals surface area contributed by atoms with Gasteiger partial charge in [-0.15, -0.1) is 11.3 Å². The molecule has 1 aliphatic heterocycles. The van der Waals surface area contributed by atoms with Crippen molar-refractivity contribution < 1.29 is 0 Å². The Morgan fingerprint density at radius 2 is 1.90 bits per heavy atom. The van der Waals surface area contributed by atoms with Crippen LogP contribution in [0.5, 0.6) is 0 Å². The fraction of sp³-hybridized carbons (Fsp3) is 0.438. The van der Waals surface area contributed by atoms with E-state index in [4.69, 9.17) is 4.98 Å². The summed E-state index contributed by atoms with van der Waals surface area (Å²) in [5.74, 6) is 0.480. The second-order valence-corrected chi connectivity index (χ2v) is 6.68. The molecule has 1 aliphatic rings. The van der Waals surface area contributed by atoms with Gasteiger partial charge < -0.3 is 10.2 Å². The van der Waals surface area contributed by atoms with Crippen LogP contribution in [-0.4, -0.2) is 12.0 Å². The van der Waals surface area contributed by atoms with Gasteiger partial charge in [0, 0.05) is 24.5 Å². The molecule has 0 atom stereocenters. The zero-order valence-electron chi connectivity index (χ0n) is 12.3. The number of aromatic nitrogens is 1. The van der Waals surface area contributed by atoms with E-state index < -0.39 is 0 Å². The summed E-state index contributed by atoms with van der Waals surface area (Å²) in [5, 5.41) is 4.41. The Morgan fingerprint density at radius 1 is 1.25 bits per heavy atom. The first-order valence-electron chi connectivity index (χ1n) is 7.15. The smallest absolute Gasteiger partial charge is 0.186 e. The maximum Gasteiger partial charge on any atom is 0.186 e. The van der Waals surface area contributed by atoms with Crippen molar-refractivity contribution >= 4 is 16.5 Å². The average molecular weight is 287 g/mol. The molecule has 0 bridgehead atoms. The van der Waals surface area contributed by atoms with Crippen molar-refractivity contribution in [2.45, 2.75) is 39.4 Å². The van der Waals surface area contributed by atoms with Crippen LogP contribution in [-0.2, 0) is 19.6 Å². The van der Waals surface area contributed by atoms with Gasteiger partial charge in [0.2, 0.25) is 0 Å². The molecule has 0 saturated heterocycles. The molecule has 0 amide bonds. The second-order valence-electron chi connectivity index (χ2n) is 5.61. The molecule has 1 aromatic carbocycles. The lowest BCUT2D eigenvalue weighted by molar-refractivity contribution is 0.766. The van der Waals surface area contributed by atoms with Crippen molar-refractivity contribution in [1.29, 1.82) is 0 Å². The lowest BCUT2D eigenvalue weighted by Crippen LogP contribution is -2.14. The molecular formula is C16H21N3S. The van der Waals surface area contributed by atoms with Gasteiger partial charge in [0.25, 0.3) is 0 Å². The summed E-state index contributed by atoms with van der Waals surface area (Å²) in [5.41, 5.74) is 4.11. The fourth-order valence-corrected chi connectivity index (χ4v) is 3.92. The topological polar surface area (TPSA) is 28.2 Å².